The van der Waals surface area contributed by atoms with Crippen molar-refractivity contribution in [3.05, 3.63) is 75.2 Å². The Labute approximate surface area is 157 Å². The maximum absolute atomic E-state index is 13.8. The Morgan fingerprint density at radius 1 is 1.38 bits per heavy atom. The maximum Gasteiger partial charge on any atom is 0.250 e. The van der Waals surface area contributed by atoms with E-state index in [1.807, 2.05) is 18.3 Å². The number of methoxy groups -OCH3 is 1. The molecule has 0 aliphatic rings. The number of rotatable bonds is 5. The average molecular weight is 388 g/mol. The Bertz CT molecular complexity index is 1080. The summed E-state index contributed by atoms with van der Waals surface area (Å²) in [4.78, 5) is 16.7. The van der Waals surface area contributed by atoms with E-state index in [4.69, 9.17) is 16.3 Å². The van der Waals surface area contributed by atoms with Crippen LogP contribution < -0.4 is 4.74 Å². The number of hydrogen-bond donors (Lipinski definition) is 1. The van der Waals surface area contributed by atoms with Gasteiger partial charge in [0, 0.05) is 35.3 Å². The molecule has 4 rings (SSSR count). The Morgan fingerprint density at radius 3 is 3.08 bits per heavy atom. The first-order valence-corrected chi connectivity index (χ1v) is 8.94. The van der Waals surface area contributed by atoms with E-state index in [0.29, 0.717) is 22.1 Å². The topological polar surface area (TPSA) is 63.7 Å². The predicted molar refractivity (Wildman–Crippen MR) is 99.3 cm³/mol. The predicted octanol–water partition coefficient (Wildman–Crippen LogP) is 4.41. The van der Waals surface area contributed by atoms with Crippen LogP contribution >= 0.6 is 22.9 Å². The second-order valence-corrected chi connectivity index (χ2v) is 7.03. The normalized spacial score (nSPS) is 11.2. The third-order valence-corrected chi connectivity index (χ3v) is 5.29. The smallest absolute Gasteiger partial charge is 0.250 e. The molecule has 1 radical (unpaired) electrons. The van der Waals surface area contributed by atoms with Crippen molar-refractivity contribution >= 4 is 34.0 Å². The molecule has 0 fully saturated rings. The quantitative estimate of drug-likeness (QED) is 0.551. The number of nitrogens with zero attached hydrogens (tertiary/aromatic N) is 3. The fourth-order valence-electron chi connectivity index (χ4n) is 2.66. The van der Waals surface area contributed by atoms with Gasteiger partial charge in [0.15, 0.2) is 5.82 Å². The van der Waals surface area contributed by atoms with Crippen molar-refractivity contribution in [2.45, 2.75) is 6.42 Å². The van der Waals surface area contributed by atoms with Gasteiger partial charge in [-0.2, -0.15) is 0 Å². The molecule has 0 aliphatic carbocycles. The lowest BCUT2D eigenvalue weighted by atomic mass is 10.1. The number of nitrogens with one attached hydrogen (secondary N) is 1. The molecule has 4 aromatic heterocycles. The lowest BCUT2D eigenvalue weighted by molar-refractivity contribution is 0.369. The minimum absolute atomic E-state index is 0.0343. The number of H-pyrrole nitrogens is 1. The molecule has 0 aromatic carbocycles. The number of hydrogen-bond acceptors (Lipinski definition) is 5. The summed E-state index contributed by atoms with van der Waals surface area (Å²) in [5, 5.41) is 2.19. The summed E-state index contributed by atoms with van der Waals surface area (Å²) >= 11 is 7.76. The van der Waals surface area contributed by atoms with Gasteiger partial charge < -0.3 is 9.72 Å². The van der Waals surface area contributed by atoms with Gasteiger partial charge in [0.1, 0.15) is 15.8 Å². The van der Waals surface area contributed by atoms with E-state index in [1.54, 1.807) is 12.6 Å². The van der Waals surface area contributed by atoms with Crippen LogP contribution in [0.1, 0.15) is 21.0 Å². The number of pyridine rings is 2. The molecule has 0 atom stereocenters. The van der Waals surface area contributed by atoms with Gasteiger partial charge in [-0.25, -0.2) is 19.3 Å². The molecule has 0 aliphatic heterocycles. The number of aromatic nitrogens is 4. The molecule has 131 valence electrons. The van der Waals surface area contributed by atoms with Crippen LogP contribution in [0.3, 0.4) is 0 Å². The Hall–Kier alpha value is -2.51. The Kier molecular flexibility index (Phi) is 4.57. The number of thiazole rings is 1. The van der Waals surface area contributed by atoms with Crippen molar-refractivity contribution in [2.24, 2.45) is 0 Å². The van der Waals surface area contributed by atoms with E-state index in [0.717, 1.165) is 21.5 Å². The van der Waals surface area contributed by atoms with Crippen LogP contribution in [0, 0.1) is 12.2 Å². The monoisotopic (exact) mass is 387 g/mol. The van der Waals surface area contributed by atoms with Crippen LogP contribution in [-0.2, 0) is 6.42 Å². The lowest BCUT2D eigenvalue weighted by Crippen LogP contribution is -1.94. The van der Waals surface area contributed by atoms with Crippen LogP contribution in [-0.4, -0.2) is 27.0 Å². The van der Waals surface area contributed by atoms with Crippen LogP contribution in [0.4, 0.5) is 4.39 Å². The van der Waals surface area contributed by atoms with Gasteiger partial charge in [-0.05, 0) is 29.3 Å². The summed E-state index contributed by atoms with van der Waals surface area (Å²) in [7, 11) is 1.38. The molecule has 8 heteroatoms. The number of fused-ring (bicyclic) bond motifs is 1. The van der Waals surface area contributed by atoms with Gasteiger partial charge in [0.25, 0.3) is 0 Å². The molecule has 0 saturated heterocycles. The first kappa shape index (κ1) is 16.9. The van der Waals surface area contributed by atoms with Crippen LogP contribution in [0.25, 0.3) is 11.0 Å². The van der Waals surface area contributed by atoms with Gasteiger partial charge in [-0.15, -0.1) is 11.3 Å². The number of aromatic amines is 1. The van der Waals surface area contributed by atoms with Gasteiger partial charge in [0.05, 0.1) is 13.5 Å². The zero-order valence-electron chi connectivity index (χ0n) is 13.7. The molecule has 0 unspecified atom stereocenters. The van der Waals surface area contributed by atoms with E-state index < -0.39 is 5.82 Å². The molecular weight excluding hydrogens is 375 g/mol. The minimum Gasteiger partial charge on any atom is -0.479 e. The standard InChI is InChI=1S/C18H13ClFN4OS/c1-25-18-13(20)5-10(8-23-18)6-15-24-16(19)14(26-15)7-11-9-22-17-12(11)3-2-4-21-17/h2-6,8-9H,7H2,1H3,(H,21,22). The van der Waals surface area contributed by atoms with Crippen molar-refractivity contribution in [1.82, 2.24) is 19.9 Å². The first-order valence-electron chi connectivity index (χ1n) is 7.74. The number of halogens is 2. The van der Waals surface area contributed by atoms with Crippen LogP contribution in [0.15, 0.2) is 36.8 Å². The molecule has 1 N–H and O–H groups in total. The second kappa shape index (κ2) is 7.01. The summed E-state index contributed by atoms with van der Waals surface area (Å²) in [5.74, 6) is -0.552. The maximum atomic E-state index is 13.8. The fraction of sp³-hybridized carbons (Fsp3) is 0.111. The van der Waals surface area contributed by atoms with Crippen molar-refractivity contribution in [2.75, 3.05) is 7.11 Å². The van der Waals surface area contributed by atoms with E-state index in [-0.39, 0.29) is 5.88 Å². The molecule has 0 bridgehead atoms. The molecule has 5 nitrogen and oxygen atoms in total. The average Bonchev–Trinajstić information content (AvgIpc) is 3.19. The van der Waals surface area contributed by atoms with Crippen molar-refractivity contribution < 1.29 is 9.13 Å². The highest BCUT2D eigenvalue weighted by Crippen LogP contribution is 2.30. The molecule has 4 heterocycles. The summed E-state index contributed by atoms with van der Waals surface area (Å²) in [6.07, 6.45) is 7.59. The summed E-state index contributed by atoms with van der Waals surface area (Å²) in [5.41, 5.74) is 2.54. The van der Waals surface area contributed by atoms with Gasteiger partial charge >= 0.3 is 0 Å². The second-order valence-electron chi connectivity index (χ2n) is 5.56. The van der Waals surface area contributed by atoms with Crippen LogP contribution in [0.5, 0.6) is 5.88 Å². The molecule has 0 saturated carbocycles. The largest absolute Gasteiger partial charge is 0.479 e. The molecule has 0 amide bonds. The Morgan fingerprint density at radius 2 is 2.27 bits per heavy atom. The zero-order valence-corrected chi connectivity index (χ0v) is 15.2. The SMILES string of the molecule is COc1ncc([CH]c2nc(Cl)c(Cc3c[nH]c4ncccc34)s2)cc1F. The van der Waals surface area contributed by atoms with E-state index in [2.05, 4.69) is 19.9 Å². The third kappa shape index (κ3) is 3.27. The van der Waals surface area contributed by atoms with E-state index in [9.17, 15) is 4.39 Å². The summed E-state index contributed by atoms with van der Waals surface area (Å²) < 4.78 is 18.6. The molecule has 26 heavy (non-hydrogen) atoms. The van der Waals surface area contributed by atoms with Gasteiger partial charge in [-0.3, -0.25) is 0 Å². The summed E-state index contributed by atoms with van der Waals surface area (Å²) in [6.45, 7) is 0. The minimum atomic E-state index is -0.518. The van der Waals surface area contributed by atoms with E-state index >= 15 is 0 Å². The van der Waals surface area contributed by atoms with Gasteiger partial charge in [0.2, 0.25) is 5.88 Å². The van der Waals surface area contributed by atoms with Gasteiger partial charge in [-0.1, -0.05) is 11.6 Å². The van der Waals surface area contributed by atoms with Crippen LogP contribution in [0.2, 0.25) is 5.15 Å². The fourth-order valence-corrected chi connectivity index (χ4v) is 3.93. The van der Waals surface area contributed by atoms with Crippen molar-refractivity contribution in [3.63, 3.8) is 0 Å². The zero-order chi connectivity index (χ0) is 18.1. The highest BCUT2D eigenvalue weighted by Gasteiger charge is 2.14. The summed E-state index contributed by atoms with van der Waals surface area (Å²) in [6, 6.07) is 5.27. The first-order chi connectivity index (χ1) is 12.6. The number of ether oxygens (including phenoxy) is 1. The van der Waals surface area contributed by atoms with Crippen molar-refractivity contribution in [1.29, 1.82) is 0 Å². The molecular formula is C18H13ClFN4OS. The van der Waals surface area contributed by atoms with Crippen molar-refractivity contribution in [3.8, 4) is 5.88 Å². The Balaban J connectivity index is 1.56. The third-order valence-electron chi connectivity index (χ3n) is 3.87. The highest BCUT2D eigenvalue weighted by atomic mass is 35.5. The lowest BCUT2D eigenvalue weighted by Gasteiger charge is -2.02. The highest BCUT2D eigenvalue weighted by molar-refractivity contribution is 7.12. The molecule has 4 aromatic rings. The molecule has 0 spiro atoms. The van der Waals surface area contributed by atoms with E-state index in [1.165, 1.54) is 30.7 Å².